The highest BCUT2D eigenvalue weighted by Gasteiger charge is 2.27. The van der Waals surface area contributed by atoms with Crippen LogP contribution in [0.1, 0.15) is 38.2 Å². The zero-order chi connectivity index (χ0) is 19.6. The molecular weight excluding hydrogens is 404 g/mol. The molecule has 2 aromatic heterocycles. The van der Waals surface area contributed by atoms with Crippen molar-refractivity contribution in [3.8, 4) is 0 Å². The molecule has 0 atom stereocenters. The third-order valence-electron chi connectivity index (χ3n) is 3.61. The molecule has 0 fully saturated rings. The monoisotopic (exact) mass is 426 g/mol. The van der Waals surface area contributed by atoms with Crippen molar-refractivity contribution in [3.63, 3.8) is 0 Å². The molecule has 0 radical (unpaired) electrons. The van der Waals surface area contributed by atoms with Crippen molar-refractivity contribution in [1.82, 2.24) is 9.55 Å². The van der Waals surface area contributed by atoms with Gasteiger partial charge in [-0.05, 0) is 39.9 Å². The lowest BCUT2D eigenvalue weighted by Gasteiger charge is -2.25. The van der Waals surface area contributed by atoms with Crippen molar-refractivity contribution in [2.75, 3.05) is 17.2 Å². The van der Waals surface area contributed by atoms with E-state index in [1.165, 1.54) is 15.5 Å². The second-order valence-corrected chi connectivity index (χ2v) is 7.69. The molecule has 0 unspecified atom stereocenters. The van der Waals surface area contributed by atoms with Crippen LogP contribution in [0.5, 0.6) is 0 Å². The lowest BCUT2D eigenvalue weighted by molar-refractivity contribution is 0.0955. The molecule has 2 heterocycles. The van der Waals surface area contributed by atoms with Crippen LogP contribution in [-0.2, 0) is 6.54 Å². The van der Waals surface area contributed by atoms with Crippen LogP contribution in [0.25, 0.3) is 0 Å². The number of furan rings is 1. The standard InChI is InChI=1S/C17H23BrN4O4/c1-9(2)7-21(16(24)11-5-6-12(18)26-11)13-14(19)22(8-10(3)4)17(25)20-15(13)23/h5-6,9-10H,7-8,19H2,1-4H3,(H,20,23,25). The third kappa shape index (κ3) is 4.27. The maximum Gasteiger partial charge on any atom is 0.330 e. The van der Waals surface area contributed by atoms with E-state index in [0.29, 0.717) is 11.2 Å². The molecule has 2 aromatic rings. The number of aromatic amines is 1. The Morgan fingerprint density at radius 1 is 1.27 bits per heavy atom. The van der Waals surface area contributed by atoms with Gasteiger partial charge < -0.3 is 10.2 Å². The van der Waals surface area contributed by atoms with Gasteiger partial charge in [-0.15, -0.1) is 0 Å². The first-order chi connectivity index (χ1) is 12.1. The molecule has 2 rings (SSSR count). The number of carbonyl (C=O) groups excluding carboxylic acids is 1. The second-order valence-electron chi connectivity index (χ2n) is 6.91. The van der Waals surface area contributed by atoms with E-state index in [1.807, 2.05) is 27.7 Å². The number of nitrogens with zero attached hydrogens (tertiary/aromatic N) is 2. The van der Waals surface area contributed by atoms with Gasteiger partial charge >= 0.3 is 5.69 Å². The Bertz CT molecular complexity index is 910. The van der Waals surface area contributed by atoms with Crippen molar-refractivity contribution >= 4 is 33.3 Å². The van der Waals surface area contributed by atoms with Crippen LogP contribution in [-0.4, -0.2) is 22.0 Å². The van der Waals surface area contributed by atoms with Gasteiger partial charge in [0.05, 0.1) is 0 Å². The lowest BCUT2D eigenvalue weighted by Crippen LogP contribution is -2.43. The zero-order valence-electron chi connectivity index (χ0n) is 15.2. The molecule has 0 saturated carbocycles. The molecule has 8 nitrogen and oxygen atoms in total. The molecule has 0 spiro atoms. The van der Waals surface area contributed by atoms with Gasteiger partial charge in [0, 0.05) is 13.1 Å². The number of aromatic nitrogens is 2. The van der Waals surface area contributed by atoms with Gasteiger partial charge in [0.25, 0.3) is 11.5 Å². The van der Waals surface area contributed by atoms with Gasteiger partial charge in [-0.2, -0.15) is 0 Å². The van der Waals surface area contributed by atoms with E-state index >= 15 is 0 Å². The molecule has 142 valence electrons. The van der Waals surface area contributed by atoms with E-state index in [0.717, 1.165) is 0 Å². The fourth-order valence-corrected chi connectivity index (χ4v) is 2.89. The van der Waals surface area contributed by atoms with Crippen LogP contribution in [0.3, 0.4) is 0 Å². The zero-order valence-corrected chi connectivity index (χ0v) is 16.8. The number of amides is 1. The van der Waals surface area contributed by atoms with Crippen LogP contribution in [0.15, 0.2) is 30.8 Å². The molecule has 0 aliphatic rings. The Labute approximate surface area is 159 Å². The van der Waals surface area contributed by atoms with E-state index in [4.69, 9.17) is 10.2 Å². The van der Waals surface area contributed by atoms with E-state index < -0.39 is 17.2 Å². The highest BCUT2D eigenvalue weighted by molar-refractivity contribution is 9.10. The quantitative estimate of drug-likeness (QED) is 0.735. The summed E-state index contributed by atoms with van der Waals surface area (Å²) in [6.07, 6.45) is 0. The normalized spacial score (nSPS) is 11.3. The van der Waals surface area contributed by atoms with E-state index in [2.05, 4.69) is 20.9 Å². The SMILES string of the molecule is CC(C)CN(C(=O)c1ccc(Br)o1)c1c(N)n(CC(C)C)c(=O)[nH]c1=O. The molecule has 1 amide bonds. The third-order valence-corrected chi connectivity index (χ3v) is 4.03. The first-order valence-corrected chi connectivity index (χ1v) is 9.10. The Balaban J connectivity index is 2.63. The summed E-state index contributed by atoms with van der Waals surface area (Å²) in [7, 11) is 0. The first-order valence-electron chi connectivity index (χ1n) is 8.31. The number of nitrogens with one attached hydrogen (secondary N) is 1. The fourth-order valence-electron chi connectivity index (χ4n) is 2.59. The van der Waals surface area contributed by atoms with Crippen molar-refractivity contribution in [3.05, 3.63) is 43.4 Å². The molecule has 0 bridgehead atoms. The number of nitrogen functional groups attached to an aromatic ring is 1. The van der Waals surface area contributed by atoms with E-state index in [1.54, 1.807) is 6.07 Å². The number of H-pyrrole nitrogens is 1. The Hall–Kier alpha value is -2.29. The van der Waals surface area contributed by atoms with Crippen LogP contribution in [0.2, 0.25) is 0 Å². The molecule has 0 aliphatic heterocycles. The maximum atomic E-state index is 12.9. The van der Waals surface area contributed by atoms with Gasteiger partial charge in [0.15, 0.2) is 16.1 Å². The lowest BCUT2D eigenvalue weighted by atomic mass is 10.2. The maximum absolute atomic E-state index is 12.9. The molecule has 0 aliphatic carbocycles. The van der Waals surface area contributed by atoms with Crippen molar-refractivity contribution in [1.29, 1.82) is 0 Å². The molecule has 0 aromatic carbocycles. The van der Waals surface area contributed by atoms with E-state index in [9.17, 15) is 14.4 Å². The number of anilines is 2. The summed E-state index contributed by atoms with van der Waals surface area (Å²) in [6, 6.07) is 3.10. The Morgan fingerprint density at radius 3 is 2.42 bits per heavy atom. The number of hydrogen-bond acceptors (Lipinski definition) is 5. The highest BCUT2D eigenvalue weighted by atomic mass is 79.9. The number of carbonyl (C=O) groups is 1. The Kier molecular flexibility index (Phi) is 6.12. The largest absolute Gasteiger partial charge is 0.444 e. The second kappa shape index (κ2) is 7.94. The molecule has 9 heteroatoms. The molecule has 26 heavy (non-hydrogen) atoms. The van der Waals surface area contributed by atoms with Crippen LogP contribution in [0.4, 0.5) is 11.5 Å². The van der Waals surface area contributed by atoms with Crippen LogP contribution < -0.4 is 21.9 Å². The molecule has 3 N–H and O–H groups in total. The minimum Gasteiger partial charge on any atom is -0.444 e. The van der Waals surface area contributed by atoms with Gasteiger partial charge in [-0.1, -0.05) is 27.7 Å². The van der Waals surface area contributed by atoms with Crippen LogP contribution in [0, 0.1) is 11.8 Å². The van der Waals surface area contributed by atoms with Gasteiger partial charge in [0.2, 0.25) is 0 Å². The summed E-state index contributed by atoms with van der Waals surface area (Å²) < 4.78 is 7.01. The minimum atomic E-state index is -0.702. The van der Waals surface area contributed by atoms with Gasteiger partial charge in [0.1, 0.15) is 5.82 Å². The predicted molar refractivity (Wildman–Crippen MR) is 103 cm³/mol. The average Bonchev–Trinajstić information content (AvgIpc) is 2.95. The summed E-state index contributed by atoms with van der Waals surface area (Å²) in [5.74, 6) is -0.285. The molecule has 0 saturated heterocycles. The summed E-state index contributed by atoms with van der Waals surface area (Å²) in [4.78, 5) is 41.1. The van der Waals surface area contributed by atoms with Crippen LogP contribution >= 0.6 is 15.9 Å². The number of hydrogen-bond donors (Lipinski definition) is 2. The first kappa shape index (κ1) is 20.0. The summed E-state index contributed by atoms with van der Waals surface area (Å²) >= 11 is 3.16. The van der Waals surface area contributed by atoms with Crippen molar-refractivity contribution < 1.29 is 9.21 Å². The number of nitrogens with two attached hydrogens (primary N) is 1. The summed E-state index contributed by atoms with van der Waals surface area (Å²) in [6.45, 7) is 8.23. The minimum absolute atomic E-state index is 0.0351. The number of halogens is 1. The summed E-state index contributed by atoms with van der Waals surface area (Å²) in [5, 5.41) is 0. The van der Waals surface area contributed by atoms with E-state index in [-0.39, 0.29) is 35.6 Å². The predicted octanol–water partition coefficient (Wildman–Crippen LogP) is 2.43. The number of rotatable bonds is 6. The van der Waals surface area contributed by atoms with Crippen molar-refractivity contribution in [2.45, 2.75) is 34.2 Å². The summed E-state index contributed by atoms with van der Waals surface area (Å²) in [5.41, 5.74) is 4.80. The fraction of sp³-hybridized carbons (Fsp3) is 0.471. The Morgan fingerprint density at radius 2 is 1.92 bits per heavy atom. The highest BCUT2D eigenvalue weighted by Crippen LogP contribution is 2.23. The van der Waals surface area contributed by atoms with Gasteiger partial charge in [-0.25, -0.2) is 4.79 Å². The smallest absolute Gasteiger partial charge is 0.330 e. The van der Waals surface area contributed by atoms with Crippen molar-refractivity contribution in [2.24, 2.45) is 11.8 Å². The molecular formula is C17H23BrN4O4. The topological polar surface area (TPSA) is 114 Å². The van der Waals surface area contributed by atoms with Gasteiger partial charge in [-0.3, -0.25) is 24.0 Å². The average molecular weight is 427 g/mol.